The second kappa shape index (κ2) is 7.30. The SMILES string of the molecule is COc1ccc(CN(C)Cc2cc(=O)oc3cc(C)c(C)cc23)cc1F. The molecule has 0 atom stereocenters. The van der Waals surface area contributed by atoms with Crippen LogP contribution in [-0.4, -0.2) is 19.1 Å². The van der Waals surface area contributed by atoms with Crippen molar-refractivity contribution in [3.05, 3.63) is 74.9 Å². The van der Waals surface area contributed by atoms with E-state index in [2.05, 4.69) is 0 Å². The second-order valence-corrected chi connectivity index (χ2v) is 6.66. The molecule has 0 aliphatic carbocycles. The van der Waals surface area contributed by atoms with Gasteiger partial charge in [-0.25, -0.2) is 9.18 Å². The van der Waals surface area contributed by atoms with Crippen LogP contribution >= 0.6 is 0 Å². The standard InChI is InChI=1S/C21H22FNO3/c1-13-7-17-16(10-21(24)26-20(17)8-14(13)2)12-23(3)11-15-5-6-19(25-4)18(22)9-15/h5-10H,11-12H2,1-4H3. The fourth-order valence-electron chi connectivity index (χ4n) is 3.08. The zero-order valence-corrected chi connectivity index (χ0v) is 15.4. The molecule has 0 radical (unpaired) electrons. The highest BCUT2D eigenvalue weighted by Gasteiger charge is 2.11. The molecule has 0 saturated heterocycles. The van der Waals surface area contributed by atoms with Crippen LogP contribution in [0.25, 0.3) is 11.0 Å². The molecule has 0 aliphatic heterocycles. The fourth-order valence-corrected chi connectivity index (χ4v) is 3.08. The Balaban J connectivity index is 1.87. The van der Waals surface area contributed by atoms with Crippen LogP contribution in [-0.2, 0) is 13.1 Å². The number of methoxy groups -OCH3 is 1. The zero-order valence-electron chi connectivity index (χ0n) is 15.4. The van der Waals surface area contributed by atoms with Gasteiger partial charge in [0.1, 0.15) is 5.58 Å². The van der Waals surface area contributed by atoms with Crippen molar-refractivity contribution in [2.75, 3.05) is 14.2 Å². The van der Waals surface area contributed by atoms with E-state index >= 15 is 0 Å². The third kappa shape index (κ3) is 3.78. The van der Waals surface area contributed by atoms with Gasteiger partial charge in [0.05, 0.1) is 7.11 Å². The lowest BCUT2D eigenvalue weighted by Crippen LogP contribution is -2.18. The van der Waals surface area contributed by atoms with Crippen molar-refractivity contribution in [1.82, 2.24) is 4.90 Å². The van der Waals surface area contributed by atoms with Crippen molar-refractivity contribution < 1.29 is 13.5 Å². The highest BCUT2D eigenvalue weighted by molar-refractivity contribution is 5.81. The lowest BCUT2D eigenvalue weighted by Gasteiger charge is -2.18. The van der Waals surface area contributed by atoms with Crippen LogP contribution in [0.2, 0.25) is 0 Å². The monoisotopic (exact) mass is 355 g/mol. The summed E-state index contributed by atoms with van der Waals surface area (Å²) in [7, 11) is 3.38. The van der Waals surface area contributed by atoms with E-state index in [1.165, 1.54) is 19.2 Å². The van der Waals surface area contributed by atoms with Crippen molar-refractivity contribution >= 4 is 11.0 Å². The lowest BCUT2D eigenvalue weighted by atomic mass is 10.0. The number of benzene rings is 2. The van der Waals surface area contributed by atoms with Crippen LogP contribution in [0.4, 0.5) is 4.39 Å². The second-order valence-electron chi connectivity index (χ2n) is 6.66. The summed E-state index contributed by atoms with van der Waals surface area (Å²) in [6, 6.07) is 10.4. The molecule has 0 spiro atoms. The third-order valence-corrected chi connectivity index (χ3v) is 4.55. The van der Waals surface area contributed by atoms with Gasteiger partial charge in [0, 0.05) is 24.5 Å². The predicted octanol–water partition coefficient (Wildman–Crippen LogP) is 4.19. The lowest BCUT2D eigenvalue weighted by molar-refractivity contribution is 0.318. The molecule has 5 heteroatoms. The van der Waals surface area contributed by atoms with E-state index in [0.717, 1.165) is 27.6 Å². The smallest absolute Gasteiger partial charge is 0.336 e. The van der Waals surface area contributed by atoms with E-state index in [4.69, 9.17) is 9.15 Å². The first kappa shape index (κ1) is 18.1. The van der Waals surface area contributed by atoms with E-state index in [1.54, 1.807) is 6.07 Å². The molecule has 3 rings (SSSR count). The van der Waals surface area contributed by atoms with Crippen LogP contribution in [0.5, 0.6) is 5.75 Å². The van der Waals surface area contributed by atoms with Crippen molar-refractivity contribution in [3.63, 3.8) is 0 Å². The molecule has 0 aliphatic rings. The summed E-state index contributed by atoms with van der Waals surface area (Å²) in [4.78, 5) is 13.9. The minimum atomic E-state index is -0.379. The van der Waals surface area contributed by atoms with Gasteiger partial charge in [0.15, 0.2) is 11.6 Å². The summed E-state index contributed by atoms with van der Waals surface area (Å²) in [5.74, 6) is -0.149. The van der Waals surface area contributed by atoms with Crippen LogP contribution in [0, 0.1) is 19.7 Å². The van der Waals surface area contributed by atoms with Crippen molar-refractivity contribution in [3.8, 4) is 5.75 Å². The topological polar surface area (TPSA) is 42.7 Å². The molecule has 0 fully saturated rings. The Kier molecular flexibility index (Phi) is 5.09. The molecular formula is C21H22FNO3. The van der Waals surface area contributed by atoms with Crippen molar-refractivity contribution in [2.24, 2.45) is 0 Å². The summed E-state index contributed by atoms with van der Waals surface area (Å²) < 4.78 is 24.2. The van der Waals surface area contributed by atoms with E-state index in [1.807, 2.05) is 44.0 Å². The van der Waals surface area contributed by atoms with Gasteiger partial charge in [-0.05, 0) is 67.4 Å². The number of aryl methyl sites for hydroxylation is 2. The molecule has 0 N–H and O–H groups in total. The normalized spacial score (nSPS) is 11.3. The minimum Gasteiger partial charge on any atom is -0.494 e. The Morgan fingerprint density at radius 3 is 2.50 bits per heavy atom. The van der Waals surface area contributed by atoms with Crippen molar-refractivity contribution in [1.29, 1.82) is 0 Å². The Morgan fingerprint density at radius 2 is 1.81 bits per heavy atom. The molecule has 2 aromatic carbocycles. The highest BCUT2D eigenvalue weighted by Crippen LogP contribution is 2.23. The molecular weight excluding hydrogens is 333 g/mol. The number of rotatable bonds is 5. The summed E-state index contributed by atoms with van der Waals surface area (Å²) in [5, 5.41) is 0.931. The maximum atomic E-state index is 13.9. The molecule has 3 aromatic rings. The summed E-state index contributed by atoms with van der Waals surface area (Å²) in [5.41, 5.74) is 4.20. The highest BCUT2D eigenvalue weighted by atomic mass is 19.1. The molecule has 4 nitrogen and oxygen atoms in total. The van der Waals surface area contributed by atoms with Gasteiger partial charge in [-0.3, -0.25) is 4.90 Å². The van der Waals surface area contributed by atoms with Gasteiger partial charge < -0.3 is 9.15 Å². The summed E-state index contributed by atoms with van der Waals surface area (Å²) in [6.45, 7) is 5.13. The van der Waals surface area contributed by atoms with Gasteiger partial charge in [0.2, 0.25) is 0 Å². The van der Waals surface area contributed by atoms with E-state index < -0.39 is 0 Å². The molecule has 26 heavy (non-hydrogen) atoms. The van der Waals surface area contributed by atoms with Gasteiger partial charge in [-0.15, -0.1) is 0 Å². The number of ether oxygens (including phenoxy) is 1. The van der Waals surface area contributed by atoms with Gasteiger partial charge in [-0.2, -0.15) is 0 Å². The third-order valence-electron chi connectivity index (χ3n) is 4.55. The predicted molar refractivity (Wildman–Crippen MR) is 100 cm³/mol. The number of hydrogen-bond acceptors (Lipinski definition) is 4. The van der Waals surface area contributed by atoms with Gasteiger partial charge >= 0.3 is 5.63 Å². The van der Waals surface area contributed by atoms with Gasteiger partial charge in [0.25, 0.3) is 0 Å². The van der Waals surface area contributed by atoms with Crippen LogP contribution < -0.4 is 10.4 Å². The Bertz CT molecular complexity index is 1010. The Morgan fingerprint density at radius 1 is 1.08 bits per heavy atom. The number of hydrogen-bond donors (Lipinski definition) is 0. The average molecular weight is 355 g/mol. The quantitative estimate of drug-likeness (QED) is 0.644. The zero-order chi connectivity index (χ0) is 18.8. The maximum Gasteiger partial charge on any atom is 0.336 e. The molecule has 0 unspecified atom stereocenters. The van der Waals surface area contributed by atoms with Gasteiger partial charge in [-0.1, -0.05) is 6.07 Å². The molecule has 0 amide bonds. The number of fused-ring (bicyclic) bond motifs is 1. The molecule has 0 bridgehead atoms. The molecule has 0 saturated carbocycles. The largest absolute Gasteiger partial charge is 0.494 e. The first-order valence-corrected chi connectivity index (χ1v) is 8.42. The first-order valence-electron chi connectivity index (χ1n) is 8.42. The summed E-state index contributed by atoms with van der Waals surface area (Å²) >= 11 is 0. The Labute approximate surface area is 151 Å². The molecule has 136 valence electrons. The molecule has 1 aromatic heterocycles. The van der Waals surface area contributed by atoms with Crippen LogP contribution in [0.15, 0.2) is 45.6 Å². The van der Waals surface area contributed by atoms with Crippen LogP contribution in [0.1, 0.15) is 22.3 Å². The van der Waals surface area contributed by atoms with E-state index in [0.29, 0.717) is 18.7 Å². The van der Waals surface area contributed by atoms with Crippen molar-refractivity contribution in [2.45, 2.75) is 26.9 Å². The number of halogens is 1. The average Bonchev–Trinajstić information content (AvgIpc) is 2.56. The van der Waals surface area contributed by atoms with Crippen LogP contribution in [0.3, 0.4) is 0 Å². The molecule has 1 heterocycles. The maximum absolute atomic E-state index is 13.9. The van der Waals surface area contributed by atoms with E-state index in [-0.39, 0.29) is 17.2 Å². The van der Waals surface area contributed by atoms with E-state index in [9.17, 15) is 9.18 Å². The Hall–Kier alpha value is -2.66. The first-order chi connectivity index (χ1) is 12.4. The number of nitrogens with zero attached hydrogens (tertiary/aromatic N) is 1. The minimum absolute atomic E-state index is 0.230. The fraction of sp³-hybridized carbons (Fsp3) is 0.286. The summed E-state index contributed by atoms with van der Waals surface area (Å²) in [6.07, 6.45) is 0.